The second-order valence-electron chi connectivity index (χ2n) is 4.71. The maximum Gasteiger partial charge on any atom is 0.215 e. The van der Waals surface area contributed by atoms with Gasteiger partial charge in [-0.3, -0.25) is 0 Å². The van der Waals surface area contributed by atoms with E-state index in [0.29, 0.717) is 25.0 Å². The van der Waals surface area contributed by atoms with Crippen molar-refractivity contribution in [2.45, 2.75) is 44.9 Å². The molecule has 0 aromatic carbocycles. The summed E-state index contributed by atoms with van der Waals surface area (Å²) in [4.78, 5) is 0. The van der Waals surface area contributed by atoms with Gasteiger partial charge in [0, 0.05) is 19.1 Å². The first kappa shape index (κ1) is 12.9. The molecule has 15 heavy (non-hydrogen) atoms. The predicted molar refractivity (Wildman–Crippen MR) is 62.2 cm³/mol. The topological polar surface area (TPSA) is 58.2 Å². The van der Waals surface area contributed by atoms with Gasteiger partial charge in [-0.1, -0.05) is 13.8 Å². The fourth-order valence-electron chi connectivity index (χ4n) is 1.21. The van der Waals surface area contributed by atoms with Gasteiger partial charge in [0.2, 0.25) is 10.0 Å². The monoisotopic (exact) mass is 234 g/mol. The smallest absolute Gasteiger partial charge is 0.215 e. The van der Waals surface area contributed by atoms with Crippen LogP contribution in [0.1, 0.15) is 33.6 Å². The Morgan fingerprint density at radius 3 is 2.33 bits per heavy atom. The van der Waals surface area contributed by atoms with Crippen molar-refractivity contribution in [1.29, 1.82) is 0 Å². The lowest BCUT2D eigenvalue weighted by atomic mass is 10.3. The third kappa shape index (κ3) is 4.95. The highest BCUT2D eigenvalue weighted by molar-refractivity contribution is 7.90. The molecule has 0 amide bonds. The maximum atomic E-state index is 11.7. The van der Waals surface area contributed by atoms with E-state index in [2.05, 4.69) is 10.0 Å². The standard InChI is InChI=1S/C10H22N2O2S/c1-8(2)11-6-9(3)15(13,14)12-7-10-4-5-10/h8-12H,4-7H2,1-3H3. The van der Waals surface area contributed by atoms with Crippen molar-refractivity contribution in [3.8, 4) is 0 Å². The minimum Gasteiger partial charge on any atom is -0.313 e. The maximum absolute atomic E-state index is 11.7. The van der Waals surface area contributed by atoms with Gasteiger partial charge in [-0.2, -0.15) is 0 Å². The largest absolute Gasteiger partial charge is 0.313 e. The highest BCUT2D eigenvalue weighted by Gasteiger charge is 2.26. The third-order valence-electron chi connectivity index (χ3n) is 2.61. The molecule has 1 rings (SSSR count). The SMILES string of the molecule is CC(C)NCC(C)S(=O)(=O)NCC1CC1. The third-order valence-corrected chi connectivity index (χ3v) is 4.41. The van der Waals surface area contributed by atoms with Gasteiger partial charge in [0.15, 0.2) is 0 Å². The molecule has 1 unspecified atom stereocenters. The quantitative estimate of drug-likeness (QED) is 0.682. The van der Waals surface area contributed by atoms with Crippen LogP contribution in [-0.2, 0) is 10.0 Å². The summed E-state index contributed by atoms with van der Waals surface area (Å²) >= 11 is 0. The molecule has 0 saturated heterocycles. The second-order valence-corrected chi connectivity index (χ2v) is 6.89. The van der Waals surface area contributed by atoms with Crippen LogP contribution in [-0.4, -0.2) is 32.8 Å². The Balaban J connectivity index is 2.30. The van der Waals surface area contributed by atoms with Crippen molar-refractivity contribution in [2.24, 2.45) is 5.92 Å². The molecule has 1 aliphatic carbocycles. The van der Waals surface area contributed by atoms with E-state index in [1.165, 1.54) is 12.8 Å². The molecular formula is C10H22N2O2S. The number of hydrogen-bond acceptors (Lipinski definition) is 3. The molecule has 1 atom stereocenters. The van der Waals surface area contributed by atoms with Crippen molar-refractivity contribution in [2.75, 3.05) is 13.1 Å². The van der Waals surface area contributed by atoms with Gasteiger partial charge >= 0.3 is 0 Å². The van der Waals surface area contributed by atoms with E-state index < -0.39 is 10.0 Å². The van der Waals surface area contributed by atoms with E-state index >= 15 is 0 Å². The lowest BCUT2D eigenvalue weighted by Gasteiger charge is -2.16. The predicted octanol–water partition coefficient (Wildman–Crippen LogP) is 0.702. The Kier molecular flexibility index (Phi) is 4.55. The molecule has 0 aromatic heterocycles. The minimum absolute atomic E-state index is 0.325. The average Bonchev–Trinajstić information content (AvgIpc) is 2.94. The van der Waals surface area contributed by atoms with Crippen molar-refractivity contribution >= 4 is 10.0 Å². The van der Waals surface area contributed by atoms with Gasteiger partial charge in [0.25, 0.3) is 0 Å². The Labute approximate surface area is 92.9 Å². The van der Waals surface area contributed by atoms with Crippen LogP contribution < -0.4 is 10.0 Å². The molecule has 5 heteroatoms. The molecule has 0 heterocycles. The summed E-state index contributed by atoms with van der Waals surface area (Å²) in [5.74, 6) is 0.588. The molecule has 0 radical (unpaired) electrons. The van der Waals surface area contributed by atoms with Crippen molar-refractivity contribution < 1.29 is 8.42 Å². The summed E-state index contributed by atoms with van der Waals surface area (Å²) in [5.41, 5.74) is 0. The van der Waals surface area contributed by atoms with Gasteiger partial charge in [-0.05, 0) is 25.7 Å². The minimum atomic E-state index is -3.12. The summed E-state index contributed by atoms with van der Waals surface area (Å²) in [7, 11) is -3.12. The molecule has 4 nitrogen and oxygen atoms in total. The molecular weight excluding hydrogens is 212 g/mol. The van der Waals surface area contributed by atoms with Crippen LogP contribution in [0.15, 0.2) is 0 Å². The first-order valence-electron chi connectivity index (χ1n) is 5.63. The van der Waals surface area contributed by atoms with E-state index in [1.807, 2.05) is 13.8 Å². The van der Waals surface area contributed by atoms with E-state index in [0.717, 1.165) is 0 Å². The van der Waals surface area contributed by atoms with Crippen molar-refractivity contribution in [1.82, 2.24) is 10.0 Å². The number of nitrogens with one attached hydrogen (secondary N) is 2. The van der Waals surface area contributed by atoms with E-state index in [4.69, 9.17) is 0 Å². The molecule has 1 aliphatic rings. The lowest BCUT2D eigenvalue weighted by molar-refractivity contribution is 0.538. The molecule has 0 aliphatic heterocycles. The Hall–Kier alpha value is -0.130. The summed E-state index contributed by atoms with van der Waals surface area (Å²) in [6.45, 7) is 6.89. The Morgan fingerprint density at radius 2 is 1.87 bits per heavy atom. The van der Waals surface area contributed by atoms with Crippen LogP contribution >= 0.6 is 0 Å². The number of hydrogen-bond donors (Lipinski definition) is 2. The Morgan fingerprint density at radius 1 is 1.27 bits per heavy atom. The summed E-state index contributed by atoms with van der Waals surface area (Å²) in [5, 5.41) is 2.77. The highest BCUT2D eigenvalue weighted by Crippen LogP contribution is 2.27. The summed E-state index contributed by atoms with van der Waals surface area (Å²) in [6, 6.07) is 0.325. The first-order valence-corrected chi connectivity index (χ1v) is 7.18. The van der Waals surface area contributed by atoms with Gasteiger partial charge in [-0.15, -0.1) is 0 Å². The van der Waals surface area contributed by atoms with Crippen molar-refractivity contribution in [3.63, 3.8) is 0 Å². The second kappa shape index (κ2) is 5.27. The van der Waals surface area contributed by atoms with Crippen LogP contribution in [0.5, 0.6) is 0 Å². The Bertz CT molecular complexity index is 284. The normalized spacial score (nSPS) is 19.5. The fraction of sp³-hybridized carbons (Fsp3) is 1.00. The zero-order valence-corrected chi connectivity index (χ0v) is 10.6. The average molecular weight is 234 g/mol. The zero-order valence-electron chi connectivity index (χ0n) is 9.79. The first-order chi connectivity index (χ1) is 6.92. The van der Waals surface area contributed by atoms with Crippen LogP contribution in [0.25, 0.3) is 0 Å². The van der Waals surface area contributed by atoms with Gasteiger partial charge < -0.3 is 5.32 Å². The fourth-order valence-corrected chi connectivity index (χ4v) is 2.28. The number of rotatable bonds is 7. The van der Waals surface area contributed by atoms with E-state index in [9.17, 15) is 8.42 Å². The molecule has 1 fully saturated rings. The van der Waals surface area contributed by atoms with E-state index in [-0.39, 0.29) is 5.25 Å². The zero-order chi connectivity index (χ0) is 11.5. The lowest BCUT2D eigenvalue weighted by Crippen LogP contribution is -2.41. The van der Waals surface area contributed by atoms with Crippen LogP contribution in [0.4, 0.5) is 0 Å². The molecule has 1 saturated carbocycles. The molecule has 0 spiro atoms. The van der Waals surface area contributed by atoms with Gasteiger partial charge in [0.05, 0.1) is 5.25 Å². The summed E-state index contributed by atoms with van der Waals surface area (Å²) < 4.78 is 26.1. The van der Waals surface area contributed by atoms with Crippen LogP contribution in [0, 0.1) is 5.92 Å². The molecule has 2 N–H and O–H groups in total. The van der Waals surface area contributed by atoms with E-state index in [1.54, 1.807) is 6.92 Å². The molecule has 0 bridgehead atoms. The van der Waals surface area contributed by atoms with Gasteiger partial charge in [0.1, 0.15) is 0 Å². The molecule has 0 aromatic rings. The van der Waals surface area contributed by atoms with Gasteiger partial charge in [-0.25, -0.2) is 13.1 Å². The summed E-state index contributed by atoms with van der Waals surface area (Å²) in [6.07, 6.45) is 2.34. The highest BCUT2D eigenvalue weighted by atomic mass is 32.2. The number of sulfonamides is 1. The van der Waals surface area contributed by atoms with Crippen molar-refractivity contribution in [3.05, 3.63) is 0 Å². The van der Waals surface area contributed by atoms with Crippen LogP contribution in [0.3, 0.4) is 0 Å². The van der Waals surface area contributed by atoms with Crippen LogP contribution in [0.2, 0.25) is 0 Å². The molecule has 90 valence electrons.